The van der Waals surface area contributed by atoms with Crippen LogP contribution in [0.4, 0.5) is 0 Å². The molecule has 0 unspecified atom stereocenters. The Kier molecular flexibility index (Phi) is 37.8. The number of aromatic amines is 2. The number of thioether (sulfide) groups is 1. The van der Waals surface area contributed by atoms with Crippen LogP contribution in [-0.4, -0.2) is 313 Å². The molecular weight excluding hydrogens is 1670 g/mol. The predicted molar refractivity (Wildman–Crippen MR) is 467 cm³/mol. The molecule has 3 aromatic carbocycles. The molecular formula is C85H121N21O20S. The van der Waals surface area contributed by atoms with E-state index in [1.807, 2.05) is 32.0 Å². The molecule has 15 atom stereocenters. The Bertz CT molecular complexity index is 4760. The van der Waals surface area contributed by atoms with E-state index in [0.717, 1.165) is 37.4 Å². The fraction of sp³-hybridized carbons (Fsp3) is 0.541. The van der Waals surface area contributed by atoms with E-state index in [0.29, 0.717) is 59.7 Å². The van der Waals surface area contributed by atoms with Gasteiger partial charge in [-0.2, -0.15) is 0 Å². The van der Waals surface area contributed by atoms with Crippen molar-refractivity contribution in [1.29, 1.82) is 0 Å². The van der Waals surface area contributed by atoms with Gasteiger partial charge in [-0.15, -0.1) is 11.8 Å². The number of benzene rings is 3. The molecule has 0 aliphatic carbocycles. The van der Waals surface area contributed by atoms with E-state index in [2.05, 4.69) is 63.1 Å². The number of amides is 16. The maximum Gasteiger partial charge on any atom is 0.303 e. The number of aliphatic hydroxyl groups excluding tert-OH is 1. The molecule has 692 valence electrons. The summed E-state index contributed by atoms with van der Waals surface area (Å²) in [4.78, 5) is 256. The number of primary amides is 2. The summed E-state index contributed by atoms with van der Waals surface area (Å²) in [5.74, 6) is -17.2. The quantitative estimate of drug-likeness (QED) is 0.0301. The number of hydrogen-bond acceptors (Lipinski definition) is 23. The zero-order valence-corrected chi connectivity index (χ0v) is 73.3. The third-order valence-electron chi connectivity index (χ3n) is 23.0. The maximum absolute atomic E-state index is 15.7. The summed E-state index contributed by atoms with van der Waals surface area (Å²) >= 11 is 0.809. The van der Waals surface area contributed by atoms with E-state index in [4.69, 9.17) is 22.9 Å². The first kappa shape index (κ1) is 100. The van der Waals surface area contributed by atoms with Crippen LogP contribution in [0.1, 0.15) is 128 Å². The van der Waals surface area contributed by atoms with E-state index in [-0.39, 0.29) is 76.1 Å². The Balaban J connectivity index is 1.16. The summed E-state index contributed by atoms with van der Waals surface area (Å²) in [5, 5.41) is 59.0. The molecule has 41 nitrogen and oxygen atoms in total. The molecule has 5 aromatic rings. The van der Waals surface area contributed by atoms with E-state index < -0.39 is 242 Å². The fourth-order valence-electron chi connectivity index (χ4n) is 15.7. The highest BCUT2D eigenvalue weighted by molar-refractivity contribution is 8.00. The van der Waals surface area contributed by atoms with Crippen molar-refractivity contribution in [3.63, 3.8) is 0 Å². The molecule has 3 aliphatic heterocycles. The maximum atomic E-state index is 15.7. The van der Waals surface area contributed by atoms with Crippen molar-refractivity contribution in [2.45, 2.75) is 221 Å². The van der Waals surface area contributed by atoms with Crippen molar-refractivity contribution in [2.75, 3.05) is 71.9 Å². The van der Waals surface area contributed by atoms with Gasteiger partial charge >= 0.3 is 5.97 Å². The number of rotatable bonds is 23. The number of aliphatic hydroxyl groups is 1. The fourth-order valence-corrected chi connectivity index (χ4v) is 16.6. The van der Waals surface area contributed by atoms with E-state index >= 15 is 24.0 Å². The summed E-state index contributed by atoms with van der Waals surface area (Å²) < 4.78 is 0. The number of carboxylic acid groups (broad SMARTS) is 1. The van der Waals surface area contributed by atoms with Gasteiger partial charge in [0.15, 0.2) is 0 Å². The molecule has 16 amide bonds. The highest BCUT2D eigenvalue weighted by atomic mass is 32.2. The Hall–Kier alpha value is -12.3. The number of phenols is 1. The van der Waals surface area contributed by atoms with Gasteiger partial charge in [-0.25, -0.2) is 0 Å². The lowest BCUT2D eigenvalue weighted by atomic mass is 10.00. The molecule has 0 spiro atoms. The van der Waals surface area contributed by atoms with Crippen molar-refractivity contribution >= 4 is 134 Å². The van der Waals surface area contributed by atoms with Crippen LogP contribution in [0.25, 0.3) is 21.8 Å². The molecule has 2 aromatic heterocycles. The van der Waals surface area contributed by atoms with Gasteiger partial charge in [0, 0.05) is 118 Å². The van der Waals surface area contributed by atoms with Crippen LogP contribution in [0.5, 0.6) is 5.75 Å². The Labute approximate surface area is 738 Å². The summed E-state index contributed by atoms with van der Waals surface area (Å²) in [6.07, 6.45) is 1.51. The number of para-hydroxylation sites is 2. The smallest absolute Gasteiger partial charge is 0.303 e. The summed E-state index contributed by atoms with van der Waals surface area (Å²) in [7, 11) is 4.47. The van der Waals surface area contributed by atoms with Crippen LogP contribution in [0.2, 0.25) is 0 Å². The number of carboxylic acids is 1. The van der Waals surface area contributed by atoms with Gasteiger partial charge in [0.2, 0.25) is 94.5 Å². The molecule has 0 radical (unpaired) electrons. The van der Waals surface area contributed by atoms with Crippen molar-refractivity contribution in [1.82, 2.24) is 87.6 Å². The minimum atomic E-state index is -1.81. The van der Waals surface area contributed by atoms with Gasteiger partial charge in [0.05, 0.1) is 30.9 Å². The van der Waals surface area contributed by atoms with Crippen LogP contribution in [-0.2, 0) is 101 Å². The minimum absolute atomic E-state index is 0.0583. The number of phenolic OH excluding ortho intramolecular Hbond substituents is 1. The minimum Gasteiger partial charge on any atom is -0.508 e. The molecule has 42 heteroatoms. The number of hydrogen-bond donors (Lipinski definition) is 19. The van der Waals surface area contributed by atoms with Gasteiger partial charge in [-0.3, -0.25) is 86.4 Å². The molecule has 5 heterocycles. The number of nitrogens with one attached hydrogen (secondary N) is 12. The van der Waals surface area contributed by atoms with Crippen molar-refractivity contribution in [3.05, 3.63) is 102 Å². The highest BCUT2D eigenvalue weighted by Gasteiger charge is 2.46. The number of H-pyrrole nitrogens is 2. The molecule has 8 rings (SSSR count). The van der Waals surface area contributed by atoms with Gasteiger partial charge in [-0.05, 0) is 107 Å². The molecule has 0 saturated carbocycles. The Morgan fingerprint density at radius 1 is 0.543 bits per heavy atom. The normalized spacial score (nSPS) is 25.7. The van der Waals surface area contributed by atoms with Crippen LogP contribution in [0.3, 0.4) is 0 Å². The summed E-state index contributed by atoms with van der Waals surface area (Å²) in [5.41, 5.74) is 26.3. The average molecular weight is 1790 g/mol. The monoisotopic (exact) mass is 1790 g/mol. The number of aliphatic carboxylic acids is 1. The zero-order valence-electron chi connectivity index (χ0n) is 72.4. The van der Waals surface area contributed by atoms with Crippen LogP contribution in [0.15, 0.2) is 85.2 Å². The van der Waals surface area contributed by atoms with Gasteiger partial charge in [-0.1, -0.05) is 88.1 Å². The number of aromatic nitrogens is 2. The van der Waals surface area contributed by atoms with Crippen LogP contribution < -0.4 is 76.1 Å². The molecule has 127 heavy (non-hydrogen) atoms. The molecule has 0 bridgehead atoms. The SMILES string of the molecule is CCCC[C@H]1CN(C)[C@@H](CCCC)C(=O)N[C@@H](C)C(=O)N[C@H](C(=O)NCC(N)=O)CSCC(=O)N[C@@H](Cc2ccc(O)cc2)C(=O)N(C)[C@@H](C)C(=O)N[C@@H](CC(N)=O)C(=O)N2CCC[C@H]2C(=O)N[C@@H](CN)C(=O)N[C@@H](CCC(=O)O)C(=O)N2C[C@H](O)C[C@H]2C(=O)N[C@@H](Cc2c[nH]c3ccccc23)C(=O)N[C@@H](CCN)C(=O)N[C@@H](Cc2c[nH]c3ccccc23)C(=O)N1C. The first-order chi connectivity index (χ1) is 60.4. The zero-order chi connectivity index (χ0) is 93.0. The summed E-state index contributed by atoms with van der Waals surface area (Å²) in [6.45, 7) is 4.33. The van der Waals surface area contributed by atoms with Crippen molar-refractivity contribution in [3.8, 4) is 5.75 Å². The van der Waals surface area contributed by atoms with Gasteiger partial charge < -0.3 is 121 Å². The number of fused-ring (bicyclic) bond motifs is 4. The second-order valence-corrected chi connectivity index (χ2v) is 33.5. The second kappa shape index (κ2) is 47.9. The molecule has 3 fully saturated rings. The van der Waals surface area contributed by atoms with Crippen LogP contribution >= 0.6 is 11.8 Å². The molecule has 3 aliphatic rings. The molecule has 3 saturated heterocycles. The number of nitrogens with two attached hydrogens (primary N) is 4. The van der Waals surface area contributed by atoms with E-state index in [1.165, 1.54) is 50.1 Å². The Morgan fingerprint density at radius 3 is 1.71 bits per heavy atom. The third kappa shape index (κ3) is 28.1. The largest absolute Gasteiger partial charge is 0.508 e. The number of likely N-dealkylation sites (N-methyl/N-ethyl adjacent to an activating group) is 3. The predicted octanol–water partition coefficient (Wildman–Crippen LogP) is -3.53. The number of carbonyl (C=O) groups excluding carboxylic acids is 16. The lowest BCUT2D eigenvalue weighted by molar-refractivity contribution is -0.145. The van der Waals surface area contributed by atoms with Crippen molar-refractivity contribution in [2.24, 2.45) is 22.9 Å². The standard InChI is InChI=1S/C85H121N21O20S/c1-8-10-17-51-42-102(5)66(22-11-9-2)79(120)93-46(3)73(114)101-65(75(116)92-41-70(89)110)44-127-45-71(111)94-61(33-48-24-26-52(107)27-25-48)82(123)103(6)47(4)74(115)98-63(37-69(88)109)85(126)105-32-16-23-67(105)80(121)100-64(38-87)78(119)96-59(28-29-72(112)113)84(125)106-43-53(108)36-68(106)81(122)97-60(34-49-39-90-56-20-14-12-18-54(49)56)77(118)95-58(30-31-86)76(117)99-62(83(124)104(51)7)35-50-40-91-57-21-15-13-19-55(50)57/h12-15,18-21,24-27,39-40,46-47,51,53,58-68,90-91,107-108H,8-11,16-17,22-23,28-38,41-45,86-87H2,1-7H3,(H2,88,109)(H2,89,110)(H,92,116)(H,93,120)(H,94,111)(H,95,118)(H,96,119)(H,97,122)(H,98,115)(H,99,117)(H,100,121)(H,101,114)(H,112,113)/t46-,47-,51-,53+,58-,59-,60-,61-,62-,63-,64-,65-,66-,67-,68-/m0/s1. The lowest BCUT2D eigenvalue weighted by Crippen LogP contribution is -2.61. The van der Waals surface area contributed by atoms with Crippen molar-refractivity contribution < 1.29 is 96.8 Å². The first-order valence-corrected chi connectivity index (χ1v) is 43.8. The summed E-state index contributed by atoms with van der Waals surface area (Å²) in [6, 6.07) is -0.382. The van der Waals surface area contributed by atoms with E-state index in [9.17, 15) is 72.9 Å². The number of aromatic hydroxyl groups is 1. The average Bonchev–Trinajstić information content (AvgIpc) is 1.64. The van der Waals surface area contributed by atoms with Gasteiger partial charge in [0.1, 0.15) is 78.3 Å². The Morgan fingerprint density at radius 2 is 1.09 bits per heavy atom. The highest BCUT2D eigenvalue weighted by Crippen LogP contribution is 2.27. The van der Waals surface area contributed by atoms with Gasteiger partial charge in [0.25, 0.3) is 0 Å². The topological polar surface area (TPSA) is 623 Å². The van der Waals surface area contributed by atoms with E-state index in [1.54, 1.807) is 61.7 Å². The number of carbonyl (C=O) groups is 17. The van der Waals surface area contributed by atoms with Crippen LogP contribution in [0, 0.1) is 0 Å². The molecule has 23 N–H and O–H groups in total. The lowest BCUT2D eigenvalue weighted by Gasteiger charge is -2.37. The first-order valence-electron chi connectivity index (χ1n) is 42.6. The number of nitrogens with zero attached hydrogens (tertiary/aromatic N) is 5. The second-order valence-electron chi connectivity index (χ2n) is 32.4. The number of unbranched alkanes of at least 4 members (excludes halogenated alkanes) is 2. The third-order valence-corrected chi connectivity index (χ3v) is 24.0.